The number of imidazole rings is 1. The highest BCUT2D eigenvalue weighted by molar-refractivity contribution is 6.01. The molecule has 3 fully saturated rings. The van der Waals surface area contributed by atoms with Gasteiger partial charge in [-0.15, -0.1) is 0 Å². The maximum atomic E-state index is 14.5. The average molecular weight is 828 g/mol. The van der Waals surface area contributed by atoms with Crippen molar-refractivity contribution in [3.63, 3.8) is 0 Å². The topological polar surface area (TPSA) is 219 Å². The lowest BCUT2D eigenvalue weighted by molar-refractivity contribution is -0.296. The summed E-state index contributed by atoms with van der Waals surface area (Å²) in [6.07, 6.45) is -1.36. The molecule has 2 aromatic rings. The molecule has 1 amide bonds. The van der Waals surface area contributed by atoms with E-state index in [1.165, 1.54) is 20.2 Å². The number of hydrogen-bond acceptors (Lipinski definition) is 16. The average Bonchev–Trinajstić information content (AvgIpc) is 3.60. The van der Waals surface area contributed by atoms with Crippen LogP contribution in [0, 0.1) is 23.7 Å². The molecule has 18 nitrogen and oxygen atoms in total. The van der Waals surface area contributed by atoms with Gasteiger partial charge >= 0.3 is 5.97 Å². The number of likely N-dealkylation sites (N-methyl/N-ethyl adjacent to an activating group) is 1. The van der Waals surface area contributed by atoms with Gasteiger partial charge in [0.25, 0.3) is 5.91 Å². The van der Waals surface area contributed by atoms with Crippen molar-refractivity contribution in [3.8, 4) is 0 Å². The number of esters is 1. The summed E-state index contributed by atoms with van der Waals surface area (Å²) in [5.41, 5.74) is -1.41. The van der Waals surface area contributed by atoms with Gasteiger partial charge in [0, 0.05) is 36.6 Å². The molecule has 4 aliphatic heterocycles. The fraction of sp³-hybridized carbons (Fsp3) is 0.756. The Morgan fingerprint density at radius 2 is 1.80 bits per heavy atom. The Bertz CT molecular complexity index is 1900. The number of rotatable bonds is 7. The number of fused-ring (bicyclic) bond motifs is 5. The van der Waals surface area contributed by atoms with Crippen molar-refractivity contribution < 1.29 is 53.1 Å². The first-order valence-corrected chi connectivity index (χ1v) is 20.7. The molecule has 18 heteroatoms. The Balaban J connectivity index is 1.48. The van der Waals surface area contributed by atoms with Gasteiger partial charge in [-0.2, -0.15) is 0 Å². The zero-order valence-corrected chi connectivity index (χ0v) is 35.8. The number of nitrogens with zero attached hydrogens (tertiary/aromatic N) is 7. The smallest absolute Gasteiger partial charge is 0.316 e. The highest BCUT2D eigenvalue weighted by Gasteiger charge is 2.53. The minimum absolute atomic E-state index is 0.144. The Hall–Kier alpha value is -3.78. The van der Waals surface area contributed by atoms with E-state index in [1.807, 2.05) is 39.8 Å². The van der Waals surface area contributed by atoms with Crippen molar-refractivity contribution >= 4 is 40.2 Å². The number of ketones is 1. The van der Waals surface area contributed by atoms with Crippen LogP contribution in [0.3, 0.4) is 0 Å². The molecular weight excluding hydrogens is 766 g/mol. The van der Waals surface area contributed by atoms with Crippen LogP contribution in [0.2, 0.25) is 0 Å². The molecule has 0 aromatic carbocycles. The van der Waals surface area contributed by atoms with E-state index < -0.39 is 89.3 Å². The molecule has 326 valence electrons. The summed E-state index contributed by atoms with van der Waals surface area (Å²) in [6.45, 7) is 13.7. The molecule has 6 heterocycles. The maximum absolute atomic E-state index is 14.5. The molecular formula is C41H61N7O11. The van der Waals surface area contributed by atoms with Crippen LogP contribution in [0.25, 0.3) is 11.2 Å². The highest BCUT2D eigenvalue weighted by Crippen LogP contribution is 2.40. The number of aliphatic imine (C=N–C) groups is 1. The SMILES string of the molecule is CC[C@H]1OC(=O)[C@H](C)C(=O)[C@H](C)[C@@H](O[C@@H]2O[C@H](C)C[C@H](N(C)C)[C@H]2O)[C@@]2(C)C[C@@H](C)C3=NC(=O)C(CCn4cnc5cncnc54)O/N=C(/CO[C@H]([C@H]3C)[C@]1(C)O)CO2. The van der Waals surface area contributed by atoms with Gasteiger partial charge in [-0.25, -0.2) is 19.9 Å². The third-order valence-corrected chi connectivity index (χ3v) is 12.6. The van der Waals surface area contributed by atoms with Crippen molar-refractivity contribution in [1.29, 1.82) is 0 Å². The largest absolute Gasteiger partial charge is 0.459 e. The number of ether oxygens (including phenoxy) is 5. The first-order chi connectivity index (χ1) is 27.9. The minimum Gasteiger partial charge on any atom is -0.459 e. The summed E-state index contributed by atoms with van der Waals surface area (Å²) in [6, 6.07) is -0.316. The highest BCUT2D eigenvalue weighted by atomic mass is 16.7. The van der Waals surface area contributed by atoms with Gasteiger partial charge in [0.15, 0.2) is 17.7 Å². The predicted molar refractivity (Wildman–Crippen MR) is 213 cm³/mol. The summed E-state index contributed by atoms with van der Waals surface area (Å²) >= 11 is 0. The van der Waals surface area contributed by atoms with Crippen LogP contribution in [0.4, 0.5) is 0 Å². The lowest BCUT2D eigenvalue weighted by atomic mass is 9.73. The van der Waals surface area contributed by atoms with Gasteiger partial charge in [0.1, 0.15) is 41.3 Å². The number of aliphatic hydroxyl groups excluding tert-OH is 1. The summed E-state index contributed by atoms with van der Waals surface area (Å²) < 4.78 is 34.2. The van der Waals surface area contributed by atoms with E-state index in [2.05, 4.69) is 20.1 Å². The summed E-state index contributed by atoms with van der Waals surface area (Å²) in [5, 5.41) is 28.5. The van der Waals surface area contributed by atoms with E-state index >= 15 is 0 Å². The first kappa shape index (κ1) is 44.8. The van der Waals surface area contributed by atoms with Crippen LogP contribution >= 0.6 is 0 Å². The quantitative estimate of drug-likeness (QED) is 0.303. The van der Waals surface area contributed by atoms with E-state index in [0.29, 0.717) is 29.8 Å². The van der Waals surface area contributed by atoms with Gasteiger partial charge in [-0.1, -0.05) is 32.9 Å². The second kappa shape index (κ2) is 18.1. The fourth-order valence-electron chi connectivity index (χ4n) is 9.22. The number of hydrogen-bond donors (Lipinski definition) is 2. The molecule has 0 spiro atoms. The Labute approximate surface area is 345 Å². The lowest BCUT2D eigenvalue weighted by Gasteiger charge is -2.47. The standard InChI is InChI=1S/C41H61N7O11/c1-11-30-41(8,53)35-23(4)31-21(2)15-40(7,34(24(5)32(49)25(6)38(52)57-30)58-39-33(50)28(47(9)10)14-22(3)56-39)55-18-26(17-54-35)46-59-29(37(51)45-31)12-13-48-20-44-27-16-42-19-43-36(27)48/h16,19-25,28-30,33-35,39,50,53H,11-15,17-18H2,1-10H3/b45-31?,46-26-/t21-,22-,23+,24+,25-,28+,29?,30-,33-,34-,35-,39+,40-,41-/m1/s1. The van der Waals surface area contributed by atoms with E-state index in [0.717, 1.165) is 0 Å². The number of aryl methyl sites for hydroxylation is 1. The van der Waals surface area contributed by atoms with Gasteiger partial charge in [0.2, 0.25) is 6.10 Å². The number of cyclic esters (lactones) is 1. The molecule has 59 heavy (non-hydrogen) atoms. The van der Waals surface area contributed by atoms with Crippen molar-refractivity contribution in [3.05, 3.63) is 18.9 Å². The lowest BCUT2D eigenvalue weighted by Crippen LogP contribution is -2.60. The summed E-state index contributed by atoms with van der Waals surface area (Å²) in [4.78, 5) is 68.1. The van der Waals surface area contributed by atoms with E-state index in [4.69, 9.17) is 33.5 Å². The number of carbonyl (C=O) groups is 3. The van der Waals surface area contributed by atoms with Crippen LogP contribution < -0.4 is 0 Å². The molecule has 4 aliphatic rings. The zero-order chi connectivity index (χ0) is 43.0. The Morgan fingerprint density at radius 1 is 1.05 bits per heavy atom. The van der Waals surface area contributed by atoms with Crippen molar-refractivity contribution in [1.82, 2.24) is 24.4 Å². The molecule has 0 saturated carbocycles. The number of carbonyl (C=O) groups excluding carboxylic acids is 3. The molecule has 0 radical (unpaired) electrons. The minimum atomic E-state index is -1.84. The van der Waals surface area contributed by atoms with Crippen LogP contribution in [0.1, 0.15) is 81.1 Å². The number of oxime groups is 1. The number of Topliss-reactive ketones (excluding diaryl/α,β-unsaturated/α-hetero) is 1. The number of aromatic nitrogens is 4. The van der Waals surface area contributed by atoms with Gasteiger partial charge in [-0.3, -0.25) is 14.4 Å². The molecule has 0 aliphatic carbocycles. The van der Waals surface area contributed by atoms with Crippen molar-refractivity contribution in [2.45, 2.75) is 148 Å². The maximum Gasteiger partial charge on any atom is 0.316 e. The van der Waals surface area contributed by atoms with Crippen LogP contribution in [-0.2, 0) is 49.5 Å². The van der Waals surface area contributed by atoms with Crippen LogP contribution in [0.5, 0.6) is 0 Å². The van der Waals surface area contributed by atoms with Gasteiger partial charge in [-0.05, 0) is 67.0 Å². The molecule has 2 aromatic heterocycles. The Kier molecular flexibility index (Phi) is 13.7. The number of amides is 1. The summed E-state index contributed by atoms with van der Waals surface area (Å²) in [5.74, 6) is -5.49. The fourth-order valence-corrected chi connectivity index (χ4v) is 9.22. The van der Waals surface area contributed by atoms with Gasteiger partial charge in [0.05, 0.1) is 49.7 Å². The molecule has 3 saturated heterocycles. The van der Waals surface area contributed by atoms with Crippen molar-refractivity contribution in [2.24, 2.45) is 33.8 Å². The molecule has 2 N–H and O–H groups in total. The monoisotopic (exact) mass is 827 g/mol. The summed E-state index contributed by atoms with van der Waals surface area (Å²) in [7, 11) is 3.73. The predicted octanol–water partition coefficient (Wildman–Crippen LogP) is 2.51. The van der Waals surface area contributed by atoms with Crippen LogP contribution in [-0.4, -0.2) is 151 Å². The molecule has 4 bridgehead atoms. The van der Waals surface area contributed by atoms with E-state index in [1.54, 1.807) is 37.9 Å². The third-order valence-electron chi connectivity index (χ3n) is 12.6. The van der Waals surface area contributed by atoms with E-state index in [-0.39, 0.29) is 50.3 Å². The van der Waals surface area contributed by atoms with Crippen molar-refractivity contribution in [2.75, 3.05) is 27.3 Å². The Morgan fingerprint density at radius 3 is 2.51 bits per heavy atom. The molecule has 1 unspecified atom stereocenters. The van der Waals surface area contributed by atoms with Gasteiger partial charge < -0.3 is 48.2 Å². The third kappa shape index (κ3) is 9.28. The zero-order valence-electron chi connectivity index (χ0n) is 35.8. The first-order valence-electron chi connectivity index (χ1n) is 20.7. The second-order valence-electron chi connectivity index (χ2n) is 17.4. The van der Waals surface area contributed by atoms with Crippen LogP contribution in [0.15, 0.2) is 29.0 Å². The normalized spacial score (nSPS) is 40.1. The second-order valence-corrected chi connectivity index (χ2v) is 17.4. The molecule has 6 rings (SSSR count). The van der Waals surface area contributed by atoms with E-state index in [9.17, 15) is 24.6 Å². The number of aliphatic hydroxyl groups is 2. The molecule has 14 atom stereocenters.